The topological polar surface area (TPSA) is 32.3 Å². The van der Waals surface area contributed by atoms with E-state index in [2.05, 4.69) is 5.32 Å². The first-order valence-corrected chi connectivity index (χ1v) is 6.03. The van der Waals surface area contributed by atoms with Gasteiger partial charge < -0.3 is 10.4 Å². The summed E-state index contributed by atoms with van der Waals surface area (Å²) in [5, 5.41) is 11.8. The number of aliphatic hydroxyl groups is 1. The molecule has 1 rings (SSSR count). The van der Waals surface area contributed by atoms with Crippen molar-refractivity contribution in [1.82, 2.24) is 5.32 Å². The molecule has 96 valence electrons. The smallest absolute Gasteiger partial charge is 0.383 e. The molecule has 6 heteroatoms. The van der Waals surface area contributed by atoms with Gasteiger partial charge in [-0.2, -0.15) is 13.2 Å². The van der Waals surface area contributed by atoms with Crippen LogP contribution in [0, 0.1) is 0 Å². The van der Waals surface area contributed by atoms with Crippen LogP contribution in [0.15, 0.2) is 29.2 Å². The van der Waals surface area contributed by atoms with Gasteiger partial charge in [0.05, 0.1) is 0 Å². The van der Waals surface area contributed by atoms with Crippen LogP contribution in [0.1, 0.15) is 5.56 Å². The summed E-state index contributed by atoms with van der Waals surface area (Å²) in [5.41, 5.74) is 0.999. The van der Waals surface area contributed by atoms with Crippen molar-refractivity contribution in [3.8, 4) is 0 Å². The second-order valence-corrected chi connectivity index (χ2v) is 4.64. The lowest BCUT2D eigenvalue weighted by Crippen LogP contribution is -2.30. The van der Waals surface area contributed by atoms with E-state index in [1.807, 2.05) is 12.1 Å². The molecule has 0 aliphatic carbocycles. The third-order valence-corrected chi connectivity index (χ3v) is 3.13. The molecule has 2 N–H and O–H groups in total. The molecular weight excluding hydrogens is 251 g/mol. The van der Waals surface area contributed by atoms with Gasteiger partial charge in [-0.25, -0.2) is 0 Å². The van der Waals surface area contributed by atoms with E-state index in [-0.39, 0.29) is 5.75 Å². The van der Waals surface area contributed by atoms with Crippen molar-refractivity contribution >= 4 is 11.8 Å². The normalized spacial score (nSPS) is 13.7. The van der Waals surface area contributed by atoms with Crippen LogP contribution in [-0.4, -0.2) is 30.2 Å². The summed E-state index contributed by atoms with van der Waals surface area (Å²) in [6.07, 6.45) is -6.82. The molecule has 0 saturated heterocycles. The number of nitrogens with one attached hydrogen (secondary N) is 1. The van der Waals surface area contributed by atoms with Crippen LogP contribution in [0.4, 0.5) is 13.2 Å². The van der Waals surface area contributed by atoms with Crippen molar-refractivity contribution in [3.63, 3.8) is 0 Å². The number of halogens is 3. The molecule has 0 amide bonds. The Morgan fingerprint density at radius 1 is 1.41 bits per heavy atom. The Morgan fingerprint density at radius 2 is 2.12 bits per heavy atom. The summed E-state index contributed by atoms with van der Waals surface area (Å²) in [5.74, 6) is -0.382. The lowest BCUT2D eigenvalue weighted by molar-refractivity contribution is -0.195. The summed E-state index contributed by atoms with van der Waals surface area (Å²) in [7, 11) is 1.80. The summed E-state index contributed by atoms with van der Waals surface area (Å²) in [6, 6.07) is 7.22. The van der Waals surface area contributed by atoms with Crippen molar-refractivity contribution in [2.75, 3.05) is 12.8 Å². The molecule has 0 aliphatic heterocycles. The highest BCUT2D eigenvalue weighted by atomic mass is 32.2. The van der Waals surface area contributed by atoms with Crippen molar-refractivity contribution in [2.45, 2.75) is 23.7 Å². The molecule has 0 aromatic heterocycles. The van der Waals surface area contributed by atoms with Crippen molar-refractivity contribution < 1.29 is 18.3 Å². The quantitative estimate of drug-likeness (QED) is 0.802. The van der Waals surface area contributed by atoms with Crippen LogP contribution in [-0.2, 0) is 6.54 Å². The monoisotopic (exact) mass is 265 g/mol. The van der Waals surface area contributed by atoms with Gasteiger partial charge in [-0.3, -0.25) is 0 Å². The third-order valence-electron chi connectivity index (χ3n) is 2.07. The molecule has 2 nitrogen and oxygen atoms in total. The predicted molar refractivity (Wildman–Crippen MR) is 62.0 cm³/mol. The van der Waals surface area contributed by atoms with E-state index in [1.54, 1.807) is 19.2 Å². The number of benzene rings is 1. The molecule has 0 saturated carbocycles. The van der Waals surface area contributed by atoms with E-state index < -0.39 is 12.3 Å². The zero-order valence-corrected chi connectivity index (χ0v) is 10.1. The molecule has 0 radical (unpaired) electrons. The lowest BCUT2D eigenvalue weighted by atomic mass is 10.2. The number of hydrogen-bond donors (Lipinski definition) is 2. The Kier molecular flexibility index (Phi) is 5.30. The molecule has 1 aromatic carbocycles. The average Bonchev–Trinajstić information content (AvgIpc) is 2.25. The van der Waals surface area contributed by atoms with Gasteiger partial charge >= 0.3 is 6.18 Å². The van der Waals surface area contributed by atoms with E-state index in [1.165, 1.54) is 0 Å². The van der Waals surface area contributed by atoms with Gasteiger partial charge in [0.15, 0.2) is 6.10 Å². The van der Waals surface area contributed by atoms with Gasteiger partial charge in [0, 0.05) is 17.2 Å². The average molecular weight is 265 g/mol. The van der Waals surface area contributed by atoms with Crippen molar-refractivity contribution in [1.29, 1.82) is 0 Å². The molecule has 0 bridgehead atoms. The molecule has 1 aromatic rings. The molecule has 0 aliphatic rings. The minimum absolute atomic E-state index is 0.382. The Bertz CT molecular complexity index is 357. The Hall–Kier alpha value is -0.720. The fourth-order valence-electron chi connectivity index (χ4n) is 1.22. The maximum atomic E-state index is 12.1. The van der Waals surface area contributed by atoms with Gasteiger partial charge in [-0.05, 0) is 24.7 Å². The zero-order chi connectivity index (χ0) is 12.9. The molecule has 17 heavy (non-hydrogen) atoms. The van der Waals surface area contributed by atoms with Gasteiger partial charge in [-0.1, -0.05) is 12.1 Å². The maximum absolute atomic E-state index is 12.1. The van der Waals surface area contributed by atoms with E-state index in [0.29, 0.717) is 6.54 Å². The fraction of sp³-hybridized carbons (Fsp3) is 0.455. The number of alkyl halides is 3. The Morgan fingerprint density at radius 3 is 2.71 bits per heavy atom. The first kappa shape index (κ1) is 14.3. The number of aliphatic hydroxyl groups excluding tert-OH is 1. The summed E-state index contributed by atoms with van der Waals surface area (Å²) in [6.45, 7) is 0.663. The minimum atomic E-state index is -4.55. The van der Waals surface area contributed by atoms with Crippen LogP contribution < -0.4 is 5.32 Å². The minimum Gasteiger partial charge on any atom is -0.383 e. The molecule has 0 heterocycles. The highest BCUT2D eigenvalue weighted by molar-refractivity contribution is 7.99. The first-order valence-electron chi connectivity index (χ1n) is 5.04. The van der Waals surface area contributed by atoms with Gasteiger partial charge in [-0.15, -0.1) is 11.8 Å². The second-order valence-electron chi connectivity index (χ2n) is 3.55. The maximum Gasteiger partial charge on any atom is 0.415 e. The third kappa shape index (κ3) is 4.97. The van der Waals surface area contributed by atoms with Crippen molar-refractivity contribution in [2.24, 2.45) is 0 Å². The number of hydrogen-bond acceptors (Lipinski definition) is 3. The lowest BCUT2D eigenvalue weighted by Gasteiger charge is -2.14. The van der Waals surface area contributed by atoms with Crippen LogP contribution in [0.3, 0.4) is 0 Å². The molecular formula is C11H14F3NOS. The highest BCUT2D eigenvalue weighted by Gasteiger charge is 2.37. The van der Waals surface area contributed by atoms with Crippen LogP contribution in [0.2, 0.25) is 0 Å². The summed E-state index contributed by atoms with van der Waals surface area (Å²) in [4.78, 5) is 0.723. The fourth-order valence-corrected chi connectivity index (χ4v) is 2.17. The SMILES string of the molecule is CNCc1cccc(SCC(O)C(F)(F)F)c1. The first-order chi connectivity index (χ1) is 7.93. The number of thioether (sulfide) groups is 1. The largest absolute Gasteiger partial charge is 0.415 e. The van der Waals surface area contributed by atoms with Crippen LogP contribution in [0.25, 0.3) is 0 Å². The molecule has 0 fully saturated rings. The van der Waals surface area contributed by atoms with E-state index in [4.69, 9.17) is 5.11 Å². The standard InChI is InChI=1S/C11H14F3NOS/c1-15-6-8-3-2-4-9(5-8)17-7-10(16)11(12,13)14/h2-5,10,15-16H,6-7H2,1H3. The van der Waals surface area contributed by atoms with Crippen LogP contribution >= 0.6 is 11.8 Å². The summed E-state index contributed by atoms with van der Waals surface area (Å²) >= 11 is 0.998. The molecule has 1 unspecified atom stereocenters. The molecule has 0 spiro atoms. The van der Waals surface area contributed by atoms with Crippen LogP contribution in [0.5, 0.6) is 0 Å². The Labute approximate surface area is 102 Å². The van der Waals surface area contributed by atoms with E-state index in [0.717, 1.165) is 22.2 Å². The summed E-state index contributed by atoms with van der Waals surface area (Å²) < 4.78 is 36.2. The van der Waals surface area contributed by atoms with E-state index in [9.17, 15) is 13.2 Å². The second kappa shape index (κ2) is 6.28. The Balaban J connectivity index is 2.54. The highest BCUT2D eigenvalue weighted by Crippen LogP contribution is 2.27. The zero-order valence-electron chi connectivity index (χ0n) is 9.29. The van der Waals surface area contributed by atoms with E-state index >= 15 is 0 Å². The van der Waals surface area contributed by atoms with Gasteiger partial charge in [0.2, 0.25) is 0 Å². The van der Waals surface area contributed by atoms with Crippen molar-refractivity contribution in [3.05, 3.63) is 29.8 Å². The predicted octanol–water partition coefficient (Wildman–Crippen LogP) is 2.42. The van der Waals surface area contributed by atoms with Gasteiger partial charge in [0.25, 0.3) is 0 Å². The number of rotatable bonds is 5. The van der Waals surface area contributed by atoms with Gasteiger partial charge in [0.1, 0.15) is 0 Å². The molecule has 1 atom stereocenters.